The first-order valence-electron chi connectivity index (χ1n) is 9.84. The summed E-state index contributed by atoms with van der Waals surface area (Å²) in [5.41, 5.74) is 3.81. The molecule has 0 spiro atoms. The Balaban J connectivity index is 1.75. The lowest BCUT2D eigenvalue weighted by atomic mass is 10.1. The van der Waals surface area contributed by atoms with Crippen LogP contribution in [-0.4, -0.2) is 37.2 Å². The molecule has 0 saturated carbocycles. The van der Waals surface area contributed by atoms with Crippen LogP contribution < -0.4 is 20.1 Å². The van der Waals surface area contributed by atoms with Gasteiger partial charge in [0.05, 0.1) is 17.7 Å². The molecule has 0 radical (unpaired) electrons. The molecule has 7 nitrogen and oxygen atoms in total. The van der Waals surface area contributed by atoms with Crippen LogP contribution in [0, 0.1) is 13.8 Å². The quantitative estimate of drug-likeness (QED) is 0.642. The Hall–Kier alpha value is -3.26. The molecule has 0 aromatic heterocycles. The number of aliphatic imine (C=N–C) groups is 1. The molecule has 0 bridgehead atoms. The van der Waals surface area contributed by atoms with E-state index in [2.05, 4.69) is 21.7 Å². The largest absolute Gasteiger partial charge is 0.493 e. The number of carbonyl (C=O) groups excluding carboxylic acids is 2. The minimum atomic E-state index is -0.205. The lowest BCUT2D eigenvalue weighted by molar-refractivity contribution is -0.123. The van der Waals surface area contributed by atoms with E-state index in [0.717, 1.165) is 22.4 Å². The number of hydrogen-bond donors (Lipinski definition) is 2. The SMILES string of the molecule is CCNC(=O)COc1ccc(/C=C2\SC(=Nc3ccc(C)cc3C)NC2=O)cc1OC. The van der Waals surface area contributed by atoms with Crippen LogP contribution in [-0.2, 0) is 9.59 Å². The Kier molecular flexibility index (Phi) is 7.36. The first-order chi connectivity index (χ1) is 14.9. The number of amidine groups is 1. The van der Waals surface area contributed by atoms with Crippen molar-refractivity contribution in [3.05, 3.63) is 58.0 Å². The first kappa shape index (κ1) is 22.4. The zero-order chi connectivity index (χ0) is 22.4. The molecule has 31 heavy (non-hydrogen) atoms. The summed E-state index contributed by atoms with van der Waals surface area (Å²) in [6, 6.07) is 11.3. The van der Waals surface area contributed by atoms with Gasteiger partial charge in [-0.15, -0.1) is 0 Å². The predicted molar refractivity (Wildman–Crippen MR) is 124 cm³/mol. The lowest BCUT2D eigenvalue weighted by Crippen LogP contribution is -2.28. The average Bonchev–Trinajstić information content (AvgIpc) is 3.08. The van der Waals surface area contributed by atoms with Crippen LogP contribution in [0.4, 0.5) is 5.69 Å². The van der Waals surface area contributed by atoms with Gasteiger partial charge in [-0.1, -0.05) is 23.8 Å². The maximum atomic E-state index is 12.4. The molecule has 1 heterocycles. The topological polar surface area (TPSA) is 89.0 Å². The first-order valence-corrected chi connectivity index (χ1v) is 10.7. The lowest BCUT2D eigenvalue weighted by Gasteiger charge is -2.11. The maximum Gasteiger partial charge on any atom is 0.264 e. The summed E-state index contributed by atoms with van der Waals surface area (Å²) in [6.07, 6.45) is 1.76. The standard InChI is InChI=1S/C23H25N3O4S/c1-5-24-21(27)13-30-18-9-7-16(11-19(18)29-4)12-20-22(28)26-23(31-20)25-17-8-6-14(2)10-15(17)3/h6-12H,5,13H2,1-4H3,(H,24,27)(H,25,26,28)/b20-12-. The van der Waals surface area contributed by atoms with Crippen LogP contribution in [0.5, 0.6) is 11.5 Å². The second-order valence-electron chi connectivity index (χ2n) is 6.92. The number of thioether (sulfide) groups is 1. The Morgan fingerprint density at radius 2 is 2.00 bits per heavy atom. The summed E-state index contributed by atoms with van der Waals surface area (Å²) < 4.78 is 10.9. The van der Waals surface area contributed by atoms with E-state index >= 15 is 0 Å². The summed E-state index contributed by atoms with van der Waals surface area (Å²) in [6.45, 7) is 6.31. The number of ether oxygens (including phenoxy) is 2. The number of nitrogens with zero attached hydrogens (tertiary/aromatic N) is 1. The molecular weight excluding hydrogens is 414 g/mol. The van der Waals surface area contributed by atoms with Crippen molar-refractivity contribution in [2.24, 2.45) is 4.99 Å². The van der Waals surface area contributed by atoms with E-state index < -0.39 is 0 Å². The van der Waals surface area contributed by atoms with E-state index in [1.54, 1.807) is 24.3 Å². The second-order valence-corrected chi connectivity index (χ2v) is 7.95. The van der Waals surface area contributed by atoms with Gasteiger partial charge in [0.15, 0.2) is 23.3 Å². The van der Waals surface area contributed by atoms with Crippen molar-refractivity contribution >= 4 is 40.5 Å². The van der Waals surface area contributed by atoms with Crippen molar-refractivity contribution in [3.63, 3.8) is 0 Å². The fourth-order valence-corrected chi connectivity index (χ4v) is 3.79. The fourth-order valence-electron chi connectivity index (χ4n) is 2.96. The van der Waals surface area contributed by atoms with E-state index in [1.165, 1.54) is 18.9 Å². The van der Waals surface area contributed by atoms with Gasteiger partial charge in [0.1, 0.15) is 0 Å². The van der Waals surface area contributed by atoms with Crippen molar-refractivity contribution in [3.8, 4) is 11.5 Å². The summed E-state index contributed by atoms with van der Waals surface area (Å²) in [5.74, 6) is 0.525. The highest BCUT2D eigenvalue weighted by molar-refractivity contribution is 8.18. The van der Waals surface area contributed by atoms with Gasteiger partial charge in [-0.2, -0.15) is 0 Å². The molecule has 2 N–H and O–H groups in total. The molecule has 1 saturated heterocycles. The van der Waals surface area contributed by atoms with Crippen LogP contribution in [0.25, 0.3) is 6.08 Å². The fraction of sp³-hybridized carbons (Fsp3) is 0.261. The number of nitrogens with one attached hydrogen (secondary N) is 2. The highest BCUT2D eigenvalue weighted by atomic mass is 32.2. The molecule has 8 heteroatoms. The molecule has 2 aromatic rings. The zero-order valence-electron chi connectivity index (χ0n) is 17.9. The predicted octanol–water partition coefficient (Wildman–Crippen LogP) is 3.72. The van der Waals surface area contributed by atoms with Crippen LogP contribution in [0.1, 0.15) is 23.6 Å². The van der Waals surface area contributed by atoms with Crippen LogP contribution in [0.15, 0.2) is 46.3 Å². The number of amides is 2. The smallest absolute Gasteiger partial charge is 0.264 e. The number of aryl methyl sites for hydroxylation is 2. The highest BCUT2D eigenvalue weighted by Crippen LogP contribution is 2.32. The number of rotatable bonds is 7. The number of methoxy groups -OCH3 is 1. The molecule has 3 rings (SSSR count). The maximum absolute atomic E-state index is 12.4. The Labute approximate surface area is 185 Å². The zero-order valence-corrected chi connectivity index (χ0v) is 18.8. The van der Waals surface area contributed by atoms with Crippen molar-refractivity contribution in [2.45, 2.75) is 20.8 Å². The summed E-state index contributed by atoms with van der Waals surface area (Å²) in [4.78, 5) is 29.1. The van der Waals surface area contributed by atoms with Crippen LogP contribution in [0.2, 0.25) is 0 Å². The van der Waals surface area contributed by atoms with Gasteiger partial charge in [0, 0.05) is 6.54 Å². The van der Waals surface area contributed by atoms with E-state index in [9.17, 15) is 9.59 Å². The van der Waals surface area contributed by atoms with Crippen molar-refractivity contribution in [1.82, 2.24) is 10.6 Å². The third-order valence-electron chi connectivity index (χ3n) is 4.44. The summed E-state index contributed by atoms with van der Waals surface area (Å²) in [7, 11) is 1.52. The van der Waals surface area contributed by atoms with Gasteiger partial charge in [-0.3, -0.25) is 9.59 Å². The van der Waals surface area contributed by atoms with Gasteiger partial charge >= 0.3 is 0 Å². The van der Waals surface area contributed by atoms with E-state index in [0.29, 0.717) is 28.1 Å². The number of likely N-dealkylation sites (N-methyl/N-ethyl adjacent to an activating group) is 1. The molecule has 1 aliphatic heterocycles. The van der Waals surface area contributed by atoms with Gasteiger partial charge < -0.3 is 20.1 Å². The molecule has 0 unspecified atom stereocenters. The molecule has 2 amide bonds. The second kappa shape index (κ2) is 10.2. The van der Waals surface area contributed by atoms with Gasteiger partial charge in [-0.05, 0) is 67.9 Å². The summed E-state index contributed by atoms with van der Waals surface area (Å²) >= 11 is 1.28. The molecule has 162 valence electrons. The van der Waals surface area contributed by atoms with E-state index in [4.69, 9.17) is 9.47 Å². The molecule has 1 fully saturated rings. The van der Waals surface area contributed by atoms with Crippen molar-refractivity contribution < 1.29 is 19.1 Å². The Morgan fingerprint density at radius 3 is 2.71 bits per heavy atom. The number of hydrogen-bond acceptors (Lipinski definition) is 6. The van der Waals surface area contributed by atoms with Crippen molar-refractivity contribution in [1.29, 1.82) is 0 Å². The molecule has 2 aromatic carbocycles. The molecular formula is C23H25N3O4S. The van der Waals surface area contributed by atoms with Crippen LogP contribution >= 0.6 is 11.8 Å². The minimum Gasteiger partial charge on any atom is -0.493 e. The Bertz CT molecular complexity index is 1060. The molecule has 0 atom stereocenters. The van der Waals surface area contributed by atoms with E-state index in [-0.39, 0.29) is 18.4 Å². The van der Waals surface area contributed by atoms with Gasteiger partial charge in [-0.25, -0.2) is 4.99 Å². The van der Waals surface area contributed by atoms with E-state index in [1.807, 2.05) is 32.9 Å². The Morgan fingerprint density at radius 1 is 1.19 bits per heavy atom. The van der Waals surface area contributed by atoms with Crippen LogP contribution in [0.3, 0.4) is 0 Å². The number of carbonyl (C=O) groups is 2. The monoisotopic (exact) mass is 439 g/mol. The third kappa shape index (κ3) is 5.88. The third-order valence-corrected chi connectivity index (χ3v) is 5.35. The highest BCUT2D eigenvalue weighted by Gasteiger charge is 2.24. The average molecular weight is 440 g/mol. The van der Waals surface area contributed by atoms with Gasteiger partial charge in [0.2, 0.25) is 0 Å². The molecule has 0 aliphatic carbocycles. The summed E-state index contributed by atoms with van der Waals surface area (Å²) in [5, 5.41) is 6.02. The molecule has 1 aliphatic rings. The number of benzene rings is 2. The normalized spacial score (nSPS) is 15.8. The van der Waals surface area contributed by atoms with Crippen molar-refractivity contribution in [2.75, 3.05) is 20.3 Å². The minimum absolute atomic E-state index is 0.0961. The van der Waals surface area contributed by atoms with Gasteiger partial charge in [0.25, 0.3) is 11.8 Å².